The maximum absolute atomic E-state index is 12.3. The van der Waals surface area contributed by atoms with E-state index in [0.717, 1.165) is 0 Å². The number of alkyl halides is 2. The smallest absolute Gasteiger partial charge is 0.281 e. The number of hydrogen-bond donors (Lipinski definition) is 1. The quantitative estimate of drug-likeness (QED) is 0.789. The Hall–Kier alpha value is -0.450. The van der Waals surface area contributed by atoms with Crippen molar-refractivity contribution in [3.8, 4) is 0 Å². The van der Waals surface area contributed by atoms with E-state index in [4.69, 9.17) is 28.9 Å². The van der Waals surface area contributed by atoms with E-state index in [1.54, 1.807) is 0 Å². The topological polar surface area (TPSA) is 38.9 Å². The fraction of sp³-hybridized carbons (Fsp3) is 0.286. The van der Waals surface area contributed by atoms with Gasteiger partial charge in [-0.25, -0.2) is 13.8 Å². The number of rotatable bonds is 2. The second kappa shape index (κ2) is 4.17. The van der Waals surface area contributed by atoms with Gasteiger partial charge in [-0.1, -0.05) is 23.2 Å². The van der Waals surface area contributed by atoms with Crippen LogP contribution in [-0.2, 0) is 6.54 Å². The molecular weight excluding hydrogens is 221 g/mol. The van der Waals surface area contributed by atoms with E-state index < -0.39 is 12.1 Å². The Morgan fingerprint density at radius 1 is 1.46 bits per heavy atom. The SMILES string of the molecule is NCc1cc(Cl)nc(C(F)F)c1Cl. The predicted octanol–water partition coefficient (Wildman–Crippen LogP) is 2.78. The number of nitrogens with zero attached hydrogens (tertiary/aromatic N) is 1. The van der Waals surface area contributed by atoms with Crippen LogP contribution in [0.25, 0.3) is 0 Å². The van der Waals surface area contributed by atoms with Crippen LogP contribution in [0.2, 0.25) is 10.2 Å². The van der Waals surface area contributed by atoms with Gasteiger partial charge in [-0.3, -0.25) is 0 Å². The molecule has 2 N–H and O–H groups in total. The number of hydrogen-bond acceptors (Lipinski definition) is 2. The maximum Gasteiger partial charge on any atom is 0.281 e. The zero-order chi connectivity index (χ0) is 10.0. The molecule has 13 heavy (non-hydrogen) atoms. The van der Waals surface area contributed by atoms with Crippen molar-refractivity contribution in [3.63, 3.8) is 0 Å². The first-order chi connectivity index (χ1) is 6.06. The summed E-state index contributed by atoms with van der Waals surface area (Å²) in [5.74, 6) is 0. The lowest BCUT2D eigenvalue weighted by atomic mass is 10.2. The van der Waals surface area contributed by atoms with Crippen LogP contribution < -0.4 is 5.73 Å². The van der Waals surface area contributed by atoms with Gasteiger partial charge in [0.1, 0.15) is 10.8 Å². The minimum absolute atomic E-state index is 0.0276. The monoisotopic (exact) mass is 226 g/mol. The predicted molar refractivity (Wildman–Crippen MR) is 47.1 cm³/mol. The summed E-state index contributed by atoms with van der Waals surface area (Å²) in [6, 6.07) is 1.37. The zero-order valence-corrected chi connectivity index (χ0v) is 7.91. The highest BCUT2D eigenvalue weighted by Crippen LogP contribution is 2.29. The molecule has 1 heterocycles. The van der Waals surface area contributed by atoms with Crippen LogP contribution in [0.3, 0.4) is 0 Å². The highest BCUT2D eigenvalue weighted by molar-refractivity contribution is 6.33. The minimum atomic E-state index is -2.74. The lowest BCUT2D eigenvalue weighted by Crippen LogP contribution is -2.02. The molecule has 0 saturated carbocycles. The van der Waals surface area contributed by atoms with Crippen molar-refractivity contribution in [2.75, 3.05) is 0 Å². The first kappa shape index (κ1) is 10.6. The number of nitrogens with two attached hydrogens (primary N) is 1. The molecule has 1 aromatic heterocycles. The van der Waals surface area contributed by atoms with Crippen LogP contribution in [0.5, 0.6) is 0 Å². The molecule has 0 aromatic carbocycles. The van der Waals surface area contributed by atoms with E-state index in [2.05, 4.69) is 4.98 Å². The van der Waals surface area contributed by atoms with Crippen molar-refractivity contribution < 1.29 is 8.78 Å². The molecule has 1 aromatic rings. The molecule has 0 fully saturated rings. The molecule has 0 spiro atoms. The fourth-order valence-electron chi connectivity index (χ4n) is 0.861. The van der Waals surface area contributed by atoms with Gasteiger partial charge < -0.3 is 5.73 Å². The molecule has 0 aliphatic rings. The summed E-state index contributed by atoms with van der Waals surface area (Å²) in [6.07, 6.45) is -2.74. The molecule has 0 aliphatic heterocycles. The zero-order valence-electron chi connectivity index (χ0n) is 6.40. The molecule has 0 unspecified atom stereocenters. The highest BCUT2D eigenvalue weighted by Gasteiger charge is 2.17. The van der Waals surface area contributed by atoms with Crippen molar-refractivity contribution >= 4 is 23.2 Å². The summed E-state index contributed by atoms with van der Waals surface area (Å²) >= 11 is 11.1. The Labute approximate surface area is 83.7 Å². The van der Waals surface area contributed by atoms with Gasteiger partial charge in [-0.2, -0.15) is 0 Å². The molecule has 0 aliphatic carbocycles. The van der Waals surface area contributed by atoms with Crippen molar-refractivity contribution in [3.05, 3.63) is 27.5 Å². The average Bonchev–Trinajstić information content (AvgIpc) is 2.08. The van der Waals surface area contributed by atoms with E-state index in [1.165, 1.54) is 6.07 Å². The molecule has 0 radical (unpaired) electrons. The van der Waals surface area contributed by atoms with Gasteiger partial charge in [0.05, 0.1) is 5.02 Å². The van der Waals surface area contributed by atoms with Crippen molar-refractivity contribution in [1.29, 1.82) is 0 Å². The first-order valence-electron chi connectivity index (χ1n) is 3.39. The van der Waals surface area contributed by atoms with Gasteiger partial charge in [0.25, 0.3) is 6.43 Å². The molecular formula is C7H6Cl2F2N2. The summed E-state index contributed by atoms with van der Waals surface area (Å²) in [6.45, 7) is 0.0563. The van der Waals surface area contributed by atoms with Crippen molar-refractivity contribution in [2.24, 2.45) is 5.73 Å². The largest absolute Gasteiger partial charge is 0.326 e. The lowest BCUT2D eigenvalue weighted by Gasteiger charge is -2.06. The Morgan fingerprint density at radius 2 is 2.08 bits per heavy atom. The standard InChI is InChI=1S/C7H6Cl2F2N2/c8-4-1-3(2-12)5(9)6(13-4)7(10)11/h1,7H,2,12H2. The van der Waals surface area contributed by atoms with Gasteiger partial charge >= 0.3 is 0 Å². The molecule has 0 bridgehead atoms. The normalized spacial score (nSPS) is 10.9. The summed E-state index contributed by atoms with van der Waals surface area (Å²) in [5.41, 5.74) is 5.13. The Balaban J connectivity index is 3.27. The Kier molecular flexibility index (Phi) is 3.41. The molecule has 1 rings (SSSR count). The van der Waals surface area contributed by atoms with Crippen LogP contribution in [0, 0.1) is 0 Å². The molecule has 6 heteroatoms. The van der Waals surface area contributed by atoms with Crippen LogP contribution in [0.4, 0.5) is 8.78 Å². The number of pyridine rings is 1. The fourth-order valence-corrected chi connectivity index (χ4v) is 1.34. The van der Waals surface area contributed by atoms with E-state index in [-0.39, 0.29) is 16.7 Å². The molecule has 0 amide bonds. The third-order valence-electron chi connectivity index (χ3n) is 1.45. The summed E-state index contributed by atoms with van der Waals surface area (Å²) in [4.78, 5) is 3.41. The second-order valence-corrected chi connectivity index (χ2v) is 3.07. The maximum atomic E-state index is 12.3. The molecule has 0 saturated heterocycles. The first-order valence-corrected chi connectivity index (χ1v) is 4.15. The highest BCUT2D eigenvalue weighted by atomic mass is 35.5. The van der Waals surface area contributed by atoms with E-state index in [0.29, 0.717) is 5.56 Å². The average molecular weight is 227 g/mol. The molecule has 0 atom stereocenters. The summed E-state index contributed by atoms with van der Waals surface area (Å²) in [7, 11) is 0. The number of halogens is 4. The molecule has 2 nitrogen and oxygen atoms in total. The Bertz CT molecular complexity index is 318. The van der Waals surface area contributed by atoms with Gasteiger partial charge in [0, 0.05) is 6.54 Å². The summed E-state index contributed by atoms with van der Waals surface area (Å²) < 4.78 is 24.6. The van der Waals surface area contributed by atoms with E-state index in [1.807, 2.05) is 0 Å². The Morgan fingerprint density at radius 3 is 2.54 bits per heavy atom. The van der Waals surface area contributed by atoms with Gasteiger partial charge in [0.15, 0.2) is 0 Å². The van der Waals surface area contributed by atoms with Gasteiger partial charge in [-0.15, -0.1) is 0 Å². The van der Waals surface area contributed by atoms with Crippen molar-refractivity contribution in [1.82, 2.24) is 4.98 Å². The van der Waals surface area contributed by atoms with Crippen LogP contribution >= 0.6 is 23.2 Å². The van der Waals surface area contributed by atoms with Crippen LogP contribution in [-0.4, -0.2) is 4.98 Å². The lowest BCUT2D eigenvalue weighted by molar-refractivity contribution is 0.146. The third-order valence-corrected chi connectivity index (χ3v) is 2.08. The van der Waals surface area contributed by atoms with E-state index in [9.17, 15) is 8.78 Å². The van der Waals surface area contributed by atoms with Gasteiger partial charge in [-0.05, 0) is 11.6 Å². The summed E-state index contributed by atoms with van der Waals surface area (Å²) in [5, 5.41) is -0.137. The number of aromatic nitrogens is 1. The van der Waals surface area contributed by atoms with E-state index >= 15 is 0 Å². The third kappa shape index (κ3) is 2.27. The minimum Gasteiger partial charge on any atom is -0.326 e. The van der Waals surface area contributed by atoms with Crippen LogP contribution in [0.1, 0.15) is 17.7 Å². The second-order valence-electron chi connectivity index (χ2n) is 2.31. The van der Waals surface area contributed by atoms with Crippen molar-refractivity contribution in [2.45, 2.75) is 13.0 Å². The van der Waals surface area contributed by atoms with Gasteiger partial charge in [0.2, 0.25) is 0 Å². The molecule has 72 valence electrons. The van der Waals surface area contributed by atoms with Crippen LogP contribution in [0.15, 0.2) is 6.07 Å².